The first-order chi connectivity index (χ1) is 14.1. The maximum absolute atomic E-state index is 12.2. The van der Waals surface area contributed by atoms with E-state index in [4.69, 9.17) is 21.3 Å². The van der Waals surface area contributed by atoms with Crippen LogP contribution in [0.15, 0.2) is 42.5 Å². The number of likely N-dealkylation sites (N-methyl/N-ethyl adjacent to an activating group) is 1. The smallest absolute Gasteiger partial charge is 0.223 e. The molecule has 152 valence electrons. The van der Waals surface area contributed by atoms with Gasteiger partial charge in [0, 0.05) is 37.0 Å². The Kier molecular flexibility index (Phi) is 5.76. The molecule has 5 nitrogen and oxygen atoms in total. The van der Waals surface area contributed by atoms with Gasteiger partial charge < -0.3 is 14.2 Å². The molecule has 1 unspecified atom stereocenters. The summed E-state index contributed by atoms with van der Waals surface area (Å²) in [4.78, 5) is 19.0. The standard InChI is InChI=1S/C23H26ClN3O2/c1-3-26-15-17(14-22(26)28)23-25-20-7-4-5-8-21(20)27(23)11-6-12-29-18-9-10-19(24)16(2)13-18/h4-5,7-10,13,17H,3,6,11-12,14-15H2,1-2H3. The summed E-state index contributed by atoms with van der Waals surface area (Å²) >= 11 is 6.08. The van der Waals surface area contributed by atoms with Crippen LogP contribution in [-0.4, -0.2) is 40.1 Å². The first kappa shape index (κ1) is 19.8. The summed E-state index contributed by atoms with van der Waals surface area (Å²) in [5.41, 5.74) is 3.12. The van der Waals surface area contributed by atoms with Gasteiger partial charge in [0.05, 0.1) is 17.6 Å². The molecule has 0 N–H and O–H groups in total. The summed E-state index contributed by atoms with van der Waals surface area (Å²) < 4.78 is 8.18. The summed E-state index contributed by atoms with van der Waals surface area (Å²) in [5, 5.41) is 0.749. The number of imidazole rings is 1. The van der Waals surface area contributed by atoms with Gasteiger partial charge in [-0.05, 0) is 56.2 Å². The molecule has 1 aromatic heterocycles. The molecule has 1 saturated heterocycles. The quantitative estimate of drug-likeness (QED) is 0.524. The molecular weight excluding hydrogens is 386 g/mol. The fraction of sp³-hybridized carbons (Fsp3) is 0.391. The average molecular weight is 412 g/mol. The van der Waals surface area contributed by atoms with Gasteiger partial charge in [0.15, 0.2) is 0 Å². The van der Waals surface area contributed by atoms with Crippen molar-refractivity contribution in [3.05, 3.63) is 58.9 Å². The Morgan fingerprint density at radius 1 is 1.24 bits per heavy atom. The van der Waals surface area contributed by atoms with Gasteiger partial charge in [0.2, 0.25) is 5.91 Å². The first-order valence-electron chi connectivity index (χ1n) is 10.2. The van der Waals surface area contributed by atoms with Crippen LogP contribution in [0.25, 0.3) is 11.0 Å². The van der Waals surface area contributed by atoms with E-state index < -0.39 is 0 Å². The molecule has 0 aliphatic carbocycles. The molecule has 1 aliphatic heterocycles. The summed E-state index contributed by atoms with van der Waals surface area (Å²) in [5.74, 6) is 2.22. The molecule has 1 atom stereocenters. The van der Waals surface area contributed by atoms with Gasteiger partial charge in [-0.2, -0.15) is 0 Å². The molecular formula is C23H26ClN3O2. The number of hydrogen-bond acceptors (Lipinski definition) is 3. The molecule has 4 rings (SSSR count). The van der Waals surface area contributed by atoms with Crippen LogP contribution in [0.4, 0.5) is 0 Å². The summed E-state index contributed by atoms with van der Waals surface area (Å²) in [6, 6.07) is 13.9. The monoisotopic (exact) mass is 411 g/mol. The number of hydrogen-bond donors (Lipinski definition) is 0. The zero-order chi connectivity index (χ0) is 20.4. The zero-order valence-corrected chi connectivity index (χ0v) is 17.7. The van der Waals surface area contributed by atoms with Gasteiger partial charge in [-0.25, -0.2) is 4.98 Å². The van der Waals surface area contributed by atoms with Gasteiger partial charge in [-0.15, -0.1) is 0 Å². The number of nitrogens with zero attached hydrogens (tertiary/aromatic N) is 3. The van der Waals surface area contributed by atoms with E-state index >= 15 is 0 Å². The van der Waals surface area contributed by atoms with E-state index in [0.29, 0.717) is 13.0 Å². The lowest BCUT2D eigenvalue weighted by Crippen LogP contribution is -2.24. The molecule has 1 fully saturated rings. The number of rotatable bonds is 7. The average Bonchev–Trinajstić information content (AvgIpc) is 3.28. The summed E-state index contributed by atoms with van der Waals surface area (Å²) in [6.45, 7) is 6.92. The van der Waals surface area contributed by atoms with E-state index in [-0.39, 0.29) is 11.8 Å². The highest BCUT2D eigenvalue weighted by Crippen LogP contribution is 2.30. The highest BCUT2D eigenvalue weighted by atomic mass is 35.5. The van der Waals surface area contributed by atoms with Gasteiger partial charge in [0.1, 0.15) is 11.6 Å². The van der Waals surface area contributed by atoms with E-state index in [1.807, 2.05) is 55.1 Å². The van der Waals surface area contributed by atoms with E-state index in [1.54, 1.807) is 0 Å². The van der Waals surface area contributed by atoms with Crippen molar-refractivity contribution in [2.45, 2.75) is 39.2 Å². The number of carbonyl (C=O) groups is 1. The Labute approximate surface area is 176 Å². The van der Waals surface area contributed by atoms with Crippen LogP contribution in [0, 0.1) is 6.92 Å². The molecule has 1 amide bonds. The van der Waals surface area contributed by atoms with Crippen LogP contribution >= 0.6 is 11.6 Å². The molecule has 2 aromatic carbocycles. The molecule has 6 heteroatoms. The van der Waals surface area contributed by atoms with E-state index in [9.17, 15) is 4.79 Å². The van der Waals surface area contributed by atoms with Crippen molar-refractivity contribution in [1.82, 2.24) is 14.5 Å². The molecule has 0 spiro atoms. The minimum Gasteiger partial charge on any atom is -0.494 e. The predicted molar refractivity (Wildman–Crippen MR) is 116 cm³/mol. The fourth-order valence-electron chi connectivity index (χ4n) is 4.01. The number of halogens is 1. The number of para-hydroxylation sites is 2. The van der Waals surface area contributed by atoms with Crippen molar-refractivity contribution in [2.75, 3.05) is 19.7 Å². The van der Waals surface area contributed by atoms with Crippen LogP contribution in [0.5, 0.6) is 5.75 Å². The van der Waals surface area contributed by atoms with Gasteiger partial charge in [-0.1, -0.05) is 23.7 Å². The summed E-state index contributed by atoms with van der Waals surface area (Å²) in [6.07, 6.45) is 1.39. The Balaban J connectivity index is 1.49. The van der Waals surface area contributed by atoms with E-state index in [2.05, 4.69) is 10.6 Å². The van der Waals surface area contributed by atoms with Gasteiger partial charge >= 0.3 is 0 Å². The van der Waals surface area contributed by atoms with Crippen molar-refractivity contribution < 1.29 is 9.53 Å². The van der Waals surface area contributed by atoms with Crippen molar-refractivity contribution >= 4 is 28.5 Å². The largest absolute Gasteiger partial charge is 0.494 e. The highest BCUT2D eigenvalue weighted by molar-refractivity contribution is 6.31. The number of aromatic nitrogens is 2. The third kappa shape index (κ3) is 4.10. The maximum atomic E-state index is 12.2. The number of fused-ring (bicyclic) bond motifs is 1. The fourth-order valence-corrected chi connectivity index (χ4v) is 4.13. The predicted octanol–water partition coefficient (Wildman–Crippen LogP) is 4.80. The topological polar surface area (TPSA) is 47.4 Å². The molecule has 0 radical (unpaired) electrons. The van der Waals surface area contributed by atoms with Gasteiger partial charge in [0.25, 0.3) is 0 Å². The van der Waals surface area contributed by atoms with Gasteiger partial charge in [-0.3, -0.25) is 4.79 Å². The lowest BCUT2D eigenvalue weighted by atomic mass is 10.1. The minimum absolute atomic E-state index is 0.148. The first-order valence-corrected chi connectivity index (χ1v) is 10.6. The third-order valence-electron chi connectivity index (χ3n) is 5.57. The SMILES string of the molecule is CCN1CC(c2nc3ccccc3n2CCCOc2ccc(Cl)c(C)c2)CC1=O. The van der Waals surface area contributed by atoms with Crippen molar-refractivity contribution in [2.24, 2.45) is 0 Å². The molecule has 0 bridgehead atoms. The van der Waals surface area contributed by atoms with Crippen molar-refractivity contribution in [3.63, 3.8) is 0 Å². The Morgan fingerprint density at radius 3 is 2.83 bits per heavy atom. The highest BCUT2D eigenvalue weighted by Gasteiger charge is 2.33. The second-order valence-corrected chi connectivity index (χ2v) is 7.96. The number of aryl methyl sites for hydroxylation is 2. The van der Waals surface area contributed by atoms with Crippen LogP contribution in [0.1, 0.15) is 37.1 Å². The number of carbonyl (C=O) groups excluding carboxylic acids is 1. The Morgan fingerprint density at radius 2 is 2.07 bits per heavy atom. The minimum atomic E-state index is 0.148. The number of amides is 1. The normalized spacial score (nSPS) is 16.7. The van der Waals surface area contributed by atoms with Crippen LogP contribution < -0.4 is 4.74 Å². The molecule has 2 heterocycles. The zero-order valence-electron chi connectivity index (χ0n) is 16.9. The molecule has 0 saturated carbocycles. The van der Waals surface area contributed by atoms with Crippen molar-refractivity contribution in [1.29, 1.82) is 0 Å². The number of ether oxygens (including phenoxy) is 1. The number of likely N-dealkylation sites (tertiary alicyclic amines) is 1. The lowest BCUT2D eigenvalue weighted by Gasteiger charge is -2.15. The van der Waals surface area contributed by atoms with Crippen LogP contribution in [-0.2, 0) is 11.3 Å². The molecule has 29 heavy (non-hydrogen) atoms. The maximum Gasteiger partial charge on any atom is 0.223 e. The van der Waals surface area contributed by atoms with Crippen LogP contribution in [0.3, 0.4) is 0 Å². The van der Waals surface area contributed by atoms with E-state index in [0.717, 1.165) is 59.2 Å². The second-order valence-electron chi connectivity index (χ2n) is 7.56. The molecule has 1 aliphatic rings. The van der Waals surface area contributed by atoms with Crippen LogP contribution in [0.2, 0.25) is 5.02 Å². The third-order valence-corrected chi connectivity index (χ3v) is 5.99. The van der Waals surface area contributed by atoms with E-state index in [1.165, 1.54) is 0 Å². The Hall–Kier alpha value is -2.53. The second kappa shape index (κ2) is 8.46. The Bertz CT molecular complexity index is 1030. The lowest BCUT2D eigenvalue weighted by molar-refractivity contribution is -0.127. The molecule has 3 aromatic rings. The summed E-state index contributed by atoms with van der Waals surface area (Å²) in [7, 11) is 0. The van der Waals surface area contributed by atoms with Crippen molar-refractivity contribution in [3.8, 4) is 5.75 Å². The number of benzene rings is 2.